The number of nitrogen functional groups attached to an aromatic ring is 1. The summed E-state index contributed by atoms with van der Waals surface area (Å²) in [7, 11) is 1.75. The second kappa shape index (κ2) is 7.31. The largest absolute Gasteiger partial charge is 0.399 e. The van der Waals surface area contributed by atoms with Gasteiger partial charge in [0.15, 0.2) is 0 Å². The van der Waals surface area contributed by atoms with E-state index in [1.807, 2.05) is 19.1 Å². The predicted octanol–water partition coefficient (Wildman–Crippen LogP) is 1.88. The number of carbonyl (C=O) groups excluding carboxylic acids is 1. The maximum Gasteiger partial charge on any atom is 0.253 e. The maximum atomic E-state index is 12.2. The quantitative estimate of drug-likeness (QED) is 0.813. The summed E-state index contributed by atoms with van der Waals surface area (Å²) in [6.07, 6.45) is 2.16. The lowest BCUT2D eigenvalue weighted by molar-refractivity contribution is 0.0956. The van der Waals surface area contributed by atoms with Gasteiger partial charge in [-0.25, -0.2) is 0 Å². The number of piperidine rings is 1. The molecule has 0 spiro atoms. The van der Waals surface area contributed by atoms with E-state index in [2.05, 4.69) is 10.2 Å². The van der Waals surface area contributed by atoms with Crippen LogP contribution in [0, 0.1) is 5.92 Å². The van der Waals surface area contributed by atoms with Gasteiger partial charge in [0.2, 0.25) is 0 Å². The van der Waals surface area contributed by atoms with Crippen LogP contribution in [-0.4, -0.2) is 39.3 Å². The Morgan fingerprint density at radius 1 is 1.43 bits per heavy atom. The van der Waals surface area contributed by atoms with Crippen molar-refractivity contribution in [1.29, 1.82) is 0 Å². The number of rotatable bonds is 5. The Morgan fingerprint density at radius 2 is 2.14 bits per heavy atom. The number of nitrogens with two attached hydrogens (primary N) is 1. The Bertz CT molecular complexity index is 482. The Hall–Kier alpha value is -1.75. The fraction of sp³-hybridized carbons (Fsp3) is 0.562. The lowest BCUT2D eigenvalue weighted by atomic mass is 9.96. The van der Waals surface area contributed by atoms with Gasteiger partial charge in [-0.3, -0.25) is 4.79 Å². The minimum absolute atomic E-state index is 0.0356. The zero-order chi connectivity index (χ0) is 15.2. The second-order valence-corrected chi connectivity index (χ2v) is 5.52. The number of amides is 1. The zero-order valence-corrected chi connectivity index (χ0v) is 12.9. The topological polar surface area (TPSA) is 67.6 Å². The average molecular weight is 291 g/mol. The van der Waals surface area contributed by atoms with Gasteiger partial charge in [-0.15, -0.1) is 0 Å². The van der Waals surface area contributed by atoms with Crippen LogP contribution in [0.1, 0.15) is 30.1 Å². The van der Waals surface area contributed by atoms with Gasteiger partial charge in [0.05, 0.1) is 11.3 Å². The second-order valence-electron chi connectivity index (χ2n) is 5.52. The minimum Gasteiger partial charge on any atom is -0.399 e. The van der Waals surface area contributed by atoms with E-state index in [1.165, 1.54) is 0 Å². The molecule has 0 saturated carbocycles. The van der Waals surface area contributed by atoms with Crippen LogP contribution >= 0.6 is 0 Å². The number of nitrogens with one attached hydrogen (secondary N) is 1. The van der Waals surface area contributed by atoms with Crippen molar-refractivity contribution >= 4 is 17.3 Å². The van der Waals surface area contributed by atoms with Gasteiger partial charge in [0.1, 0.15) is 0 Å². The highest BCUT2D eigenvalue weighted by atomic mass is 16.5. The number of hydrogen-bond donors (Lipinski definition) is 2. The lowest BCUT2D eigenvalue weighted by Crippen LogP contribution is -2.36. The molecule has 0 aliphatic carbocycles. The SMILES string of the molecule is CCNC(=O)c1ccc(N)cc1N1CCC(COC)CC1. The first-order chi connectivity index (χ1) is 10.2. The molecule has 0 bridgehead atoms. The monoisotopic (exact) mass is 291 g/mol. The molecule has 0 unspecified atom stereocenters. The lowest BCUT2D eigenvalue weighted by Gasteiger charge is -2.34. The molecule has 0 radical (unpaired) electrons. The van der Waals surface area contributed by atoms with Gasteiger partial charge < -0.3 is 20.7 Å². The molecule has 5 heteroatoms. The zero-order valence-electron chi connectivity index (χ0n) is 12.9. The van der Waals surface area contributed by atoms with E-state index < -0.39 is 0 Å². The van der Waals surface area contributed by atoms with Crippen molar-refractivity contribution in [2.45, 2.75) is 19.8 Å². The van der Waals surface area contributed by atoms with Gasteiger partial charge in [-0.2, -0.15) is 0 Å². The number of carbonyl (C=O) groups is 1. The number of methoxy groups -OCH3 is 1. The number of nitrogens with zero attached hydrogens (tertiary/aromatic N) is 1. The summed E-state index contributed by atoms with van der Waals surface area (Å²) >= 11 is 0. The minimum atomic E-state index is -0.0356. The third-order valence-corrected chi connectivity index (χ3v) is 3.96. The number of ether oxygens (including phenoxy) is 1. The first-order valence-corrected chi connectivity index (χ1v) is 7.57. The van der Waals surface area contributed by atoms with E-state index in [0.29, 0.717) is 23.7 Å². The van der Waals surface area contributed by atoms with Crippen LogP contribution in [0.3, 0.4) is 0 Å². The van der Waals surface area contributed by atoms with Crippen LogP contribution in [0.4, 0.5) is 11.4 Å². The normalized spacial score (nSPS) is 16.0. The Labute approximate surface area is 126 Å². The molecule has 1 aromatic carbocycles. The van der Waals surface area contributed by atoms with Crippen molar-refractivity contribution in [3.8, 4) is 0 Å². The summed E-state index contributed by atoms with van der Waals surface area (Å²) in [5.41, 5.74) is 8.24. The van der Waals surface area contributed by atoms with Gasteiger partial charge in [0, 0.05) is 39.0 Å². The number of benzene rings is 1. The van der Waals surface area contributed by atoms with Crippen LogP contribution in [0.5, 0.6) is 0 Å². The molecule has 1 fully saturated rings. The molecule has 3 N–H and O–H groups in total. The van der Waals surface area contributed by atoms with Crippen LogP contribution in [0.2, 0.25) is 0 Å². The molecule has 116 valence electrons. The summed E-state index contributed by atoms with van der Waals surface area (Å²) < 4.78 is 5.23. The van der Waals surface area contributed by atoms with Crippen molar-refractivity contribution in [1.82, 2.24) is 5.32 Å². The van der Waals surface area contributed by atoms with E-state index in [9.17, 15) is 4.79 Å². The summed E-state index contributed by atoms with van der Waals surface area (Å²) in [6.45, 7) is 5.23. The van der Waals surface area contributed by atoms with Crippen molar-refractivity contribution in [3.05, 3.63) is 23.8 Å². The van der Waals surface area contributed by atoms with Crippen LogP contribution < -0.4 is 16.0 Å². The van der Waals surface area contributed by atoms with E-state index in [-0.39, 0.29) is 5.91 Å². The predicted molar refractivity (Wildman–Crippen MR) is 85.7 cm³/mol. The van der Waals surface area contributed by atoms with E-state index in [0.717, 1.165) is 38.2 Å². The first kappa shape index (κ1) is 15.6. The average Bonchev–Trinajstić information content (AvgIpc) is 2.48. The molecule has 1 aliphatic rings. The highest BCUT2D eigenvalue weighted by Crippen LogP contribution is 2.28. The van der Waals surface area contributed by atoms with E-state index >= 15 is 0 Å². The fourth-order valence-corrected chi connectivity index (χ4v) is 2.83. The Kier molecular flexibility index (Phi) is 5.44. The van der Waals surface area contributed by atoms with Gasteiger partial charge in [0.25, 0.3) is 5.91 Å². The fourth-order valence-electron chi connectivity index (χ4n) is 2.83. The molecule has 1 aliphatic heterocycles. The highest BCUT2D eigenvalue weighted by molar-refractivity contribution is 6.00. The Balaban J connectivity index is 2.15. The van der Waals surface area contributed by atoms with Gasteiger partial charge in [-0.05, 0) is 43.9 Å². The molecule has 2 rings (SSSR count). The standard InChI is InChI=1S/C16H25N3O2/c1-3-18-16(20)14-5-4-13(17)10-15(14)19-8-6-12(7-9-19)11-21-2/h4-5,10,12H,3,6-9,11,17H2,1-2H3,(H,18,20). The van der Waals surface area contributed by atoms with E-state index in [4.69, 9.17) is 10.5 Å². The third kappa shape index (κ3) is 3.88. The van der Waals surface area contributed by atoms with Crippen LogP contribution in [0.25, 0.3) is 0 Å². The molecule has 5 nitrogen and oxygen atoms in total. The number of hydrogen-bond acceptors (Lipinski definition) is 4. The number of anilines is 2. The smallest absolute Gasteiger partial charge is 0.253 e. The maximum absolute atomic E-state index is 12.2. The molecule has 1 heterocycles. The molecular weight excluding hydrogens is 266 g/mol. The molecule has 0 aromatic heterocycles. The molecule has 21 heavy (non-hydrogen) atoms. The van der Waals surface area contributed by atoms with Crippen LogP contribution in [0.15, 0.2) is 18.2 Å². The van der Waals surface area contributed by atoms with Crippen molar-refractivity contribution < 1.29 is 9.53 Å². The van der Waals surface area contributed by atoms with Gasteiger partial charge in [-0.1, -0.05) is 0 Å². The molecule has 1 amide bonds. The molecule has 1 saturated heterocycles. The molecular formula is C16H25N3O2. The van der Waals surface area contributed by atoms with Crippen molar-refractivity contribution in [2.75, 3.05) is 44.0 Å². The van der Waals surface area contributed by atoms with Gasteiger partial charge >= 0.3 is 0 Å². The van der Waals surface area contributed by atoms with Crippen LogP contribution in [-0.2, 0) is 4.74 Å². The summed E-state index contributed by atoms with van der Waals surface area (Å²) in [5, 5.41) is 2.86. The van der Waals surface area contributed by atoms with E-state index in [1.54, 1.807) is 13.2 Å². The first-order valence-electron chi connectivity index (χ1n) is 7.57. The Morgan fingerprint density at radius 3 is 2.76 bits per heavy atom. The molecule has 1 aromatic rings. The van der Waals surface area contributed by atoms with Crippen molar-refractivity contribution in [2.24, 2.45) is 5.92 Å². The summed E-state index contributed by atoms with van der Waals surface area (Å²) in [5.74, 6) is 0.576. The molecule has 0 atom stereocenters. The highest BCUT2D eigenvalue weighted by Gasteiger charge is 2.22. The van der Waals surface area contributed by atoms with Crippen molar-refractivity contribution in [3.63, 3.8) is 0 Å². The summed E-state index contributed by atoms with van der Waals surface area (Å²) in [6, 6.07) is 5.50. The summed E-state index contributed by atoms with van der Waals surface area (Å²) in [4.78, 5) is 14.4. The third-order valence-electron chi connectivity index (χ3n) is 3.96.